The van der Waals surface area contributed by atoms with Gasteiger partial charge in [0.05, 0.1) is 17.8 Å². The topological polar surface area (TPSA) is 39.1 Å². The zero-order valence-corrected chi connectivity index (χ0v) is 11.7. The first kappa shape index (κ1) is 13.6. The Kier molecular flexibility index (Phi) is 4.78. The Morgan fingerprint density at radius 2 is 2.39 bits per heavy atom. The normalized spacial score (nSPS) is 25.5. The molecule has 102 valence electrons. The summed E-state index contributed by atoms with van der Waals surface area (Å²) < 4.78 is 7.83. The van der Waals surface area contributed by atoms with Gasteiger partial charge < -0.3 is 10.1 Å². The first-order chi connectivity index (χ1) is 8.77. The number of nitrogens with one attached hydrogen (secondary N) is 1. The Morgan fingerprint density at radius 1 is 1.56 bits per heavy atom. The molecule has 1 N–H and O–H groups in total. The maximum atomic E-state index is 5.84. The summed E-state index contributed by atoms with van der Waals surface area (Å²) in [6.07, 6.45) is 5.65. The third-order valence-electron chi connectivity index (χ3n) is 3.88. The third kappa shape index (κ3) is 2.75. The van der Waals surface area contributed by atoms with Crippen LogP contribution in [0.15, 0.2) is 12.3 Å². The van der Waals surface area contributed by atoms with Crippen molar-refractivity contribution in [3.05, 3.63) is 18.0 Å². The molecule has 0 aromatic carbocycles. The lowest BCUT2D eigenvalue weighted by Crippen LogP contribution is -2.34. The molecule has 4 heteroatoms. The predicted octanol–water partition coefficient (Wildman–Crippen LogP) is 2.28. The van der Waals surface area contributed by atoms with E-state index in [2.05, 4.69) is 30.3 Å². The Labute approximate surface area is 110 Å². The van der Waals surface area contributed by atoms with Crippen molar-refractivity contribution in [2.24, 2.45) is 13.0 Å². The fraction of sp³-hybridized carbons (Fsp3) is 0.786. The molecule has 0 spiro atoms. The molecule has 1 fully saturated rings. The van der Waals surface area contributed by atoms with Crippen LogP contribution in [-0.2, 0) is 11.8 Å². The van der Waals surface area contributed by atoms with Gasteiger partial charge in [0.2, 0.25) is 0 Å². The van der Waals surface area contributed by atoms with E-state index in [-0.39, 0.29) is 0 Å². The van der Waals surface area contributed by atoms with Gasteiger partial charge in [-0.05, 0) is 31.9 Å². The molecule has 3 unspecified atom stereocenters. The molecule has 1 aromatic heterocycles. The quantitative estimate of drug-likeness (QED) is 0.843. The highest BCUT2D eigenvalue weighted by Gasteiger charge is 2.35. The van der Waals surface area contributed by atoms with Crippen LogP contribution in [0, 0.1) is 5.92 Å². The molecule has 3 atom stereocenters. The lowest BCUT2D eigenvalue weighted by atomic mass is 9.89. The average molecular weight is 251 g/mol. The molecule has 0 radical (unpaired) electrons. The molecular weight excluding hydrogens is 226 g/mol. The van der Waals surface area contributed by atoms with Gasteiger partial charge in [-0.25, -0.2) is 0 Å². The van der Waals surface area contributed by atoms with Crippen molar-refractivity contribution in [3.8, 4) is 0 Å². The first-order valence-corrected chi connectivity index (χ1v) is 7.10. The summed E-state index contributed by atoms with van der Waals surface area (Å²) in [5.41, 5.74) is 1.28. The molecule has 18 heavy (non-hydrogen) atoms. The van der Waals surface area contributed by atoms with Crippen molar-refractivity contribution >= 4 is 0 Å². The van der Waals surface area contributed by atoms with Gasteiger partial charge in [-0.2, -0.15) is 5.10 Å². The van der Waals surface area contributed by atoms with Crippen molar-refractivity contribution in [3.63, 3.8) is 0 Å². The standard InChI is InChI=1S/C14H25N3O/c1-4-8-15-14(12-6-9-16-17(12)3)11-7-10-18-13(11)5-2/h6,9,11,13-15H,4-5,7-8,10H2,1-3H3. The molecule has 0 amide bonds. The lowest BCUT2D eigenvalue weighted by molar-refractivity contribution is 0.0765. The summed E-state index contributed by atoms with van der Waals surface area (Å²) in [6.45, 7) is 6.35. The van der Waals surface area contributed by atoms with Crippen molar-refractivity contribution in [1.29, 1.82) is 0 Å². The zero-order valence-electron chi connectivity index (χ0n) is 11.7. The van der Waals surface area contributed by atoms with Gasteiger partial charge in [0.25, 0.3) is 0 Å². The van der Waals surface area contributed by atoms with Crippen LogP contribution in [0.2, 0.25) is 0 Å². The minimum absolute atomic E-state index is 0.366. The summed E-state index contributed by atoms with van der Waals surface area (Å²) in [6, 6.07) is 2.49. The van der Waals surface area contributed by atoms with E-state index in [9.17, 15) is 0 Å². The van der Waals surface area contributed by atoms with Crippen LogP contribution < -0.4 is 5.32 Å². The largest absolute Gasteiger partial charge is 0.378 e. The number of rotatable bonds is 6. The van der Waals surface area contributed by atoms with E-state index in [0.717, 1.165) is 32.4 Å². The van der Waals surface area contributed by atoms with Gasteiger partial charge >= 0.3 is 0 Å². The van der Waals surface area contributed by atoms with Gasteiger partial charge in [-0.1, -0.05) is 13.8 Å². The van der Waals surface area contributed by atoms with E-state index in [1.807, 2.05) is 17.9 Å². The van der Waals surface area contributed by atoms with E-state index in [4.69, 9.17) is 4.74 Å². The molecule has 1 aliphatic heterocycles. The van der Waals surface area contributed by atoms with Crippen molar-refractivity contribution < 1.29 is 4.74 Å². The predicted molar refractivity (Wildman–Crippen MR) is 72.4 cm³/mol. The van der Waals surface area contributed by atoms with Crippen LogP contribution in [0.4, 0.5) is 0 Å². The summed E-state index contributed by atoms with van der Waals surface area (Å²) in [4.78, 5) is 0. The molecule has 4 nitrogen and oxygen atoms in total. The minimum atomic E-state index is 0.366. The summed E-state index contributed by atoms with van der Waals surface area (Å²) in [5.74, 6) is 0.567. The molecule has 1 saturated heterocycles. The number of aryl methyl sites for hydroxylation is 1. The van der Waals surface area contributed by atoms with E-state index in [0.29, 0.717) is 18.1 Å². The average Bonchev–Trinajstić information content (AvgIpc) is 2.99. The third-order valence-corrected chi connectivity index (χ3v) is 3.88. The van der Waals surface area contributed by atoms with E-state index in [1.54, 1.807) is 0 Å². The fourth-order valence-electron chi connectivity index (χ4n) is 2.93. The van der Waals surface area contributed by atoms with Gasteiger partial charge in [0.1, 0.15) is 0 Å². The fourth-order valence-corrected chi connectivity index (χ4v) is 2.93. The number of hydrogen-bond donors (Lipinski definition) is 1. The second-order valence-electron chi connectivity index (χ2n) is 5.08. The number of nitrogens with zero attached hydrogens (tertiary/aromatic N) is 2. The van der Waals surface area contributed by atoms with Crippen molar-refractivity contribution in [1.82, 2.24) is 15.1 Å². The smallest absolute Gasteiger partial charge is 0.0620 e. The molecule has 2 heterocycles. The Morgan fingerprint density at radius 3 is 3.00 bits per heavy atom. The monoisotopic (exact) mass is 251 g/mol. The molecule has 1 aromatic rings. The molecule has 1 aliphatic rings. The van der Waals surface area contributed by atoms with Crippen molar-refractivity contribution in [2.75, 3.05) is 13.2 Å². The molecule has 0 saturated carbocycles. The van der Waals surface area contributed by atoms with E-state index in [1.165, 1.54) is 5.69 Å². The van der Waals surface area contributed by atoms with E-state index < -0.39 is 0 Å². The highest BCUT2D eigenvalue weighted by atomic mass is 16.5. The maximum absolute atomic E-state index is 5.84. The minimum Gasteiger partial charge on any atom is -0.378 e. The summed E-state index contributed by atoms with van der Waals surface area (Å²) in [7, 11) is 2.02. The molecule has 0 bridgehead atoms. The first-order valence-electron chi connectivity index (χ1n) is 7.10. The molecular formula is C14H25N3O. The van der Waals surface area contributed by atoms with Crippen LogP contribution in [0.25, 0.3) is 0 Å². The molecule has 2 rings (SSSR count). The number of ether oxygens (including phenoxy) is 1. The summed E-state index contributed by atoms with van der Waals surface area (Å²) in [5, 5.41) is 7.98. The van der Waals surface area contributed by atoms with E-state index >= 15 is 0 Å². The van der Waals surface area contributed by atoms with Gasteiger partial charge in [-0.3, -0.25) is 4.68 Å². The number of aromatic nitrogens is 2. The Bertz CT molecular complexity index is 364. The van der Waals surface area contributed by atoms with Gasteiger partial charge in [-0.15, -0.1) is 0 Å². The maximum Gasteiger partial charge on any atom is 0.0620 e. The second kappa shape index (κ2) is 6.34. The Balaban J connectivity index is 2.17. The van der Waals surface area contributed by atoms with Crippen LogP contribution in [0.3, 0.4) is 0 Å². The van der Waals surface area contributed by atoms with Gasteiger partial charge in [0.15, 0.2) is 0 Å². The highest BCUT2D eigenvalue weighted by Crippen LogP contribution is 2.34. The SMILES string of the molecule is CCCNC(c1ccnn1C)C1CCOC1CC. The summed E-state index contributed by atoms with van der Waals surface area (Å²) >= 11 is 0. The molecule has 0 aliphatic carbocycles. The van der Waals surface area contributed by atoms with Gasteiger partial charge in [0, 0.05) is 25.8 Å². The Hall–Kier alpha value is -0.870. The number of hydrogen-bond acceptors (Lipinski definition) is 3. The highest BCUT2D eigenvalue weighted by molar-refractivity contribution is 5.10. The second-order valence-corrected chi connectivity index (χ2v) is 5.08. The van der Waals surface area contributed by atoms with Crippen LogP contribution in [0.5, 0.6) is 0 Å². The van der Waals surface area contributed by atoms with Crippen LogP contribution in [0.1, 0.15) is 44.8 Å². The van der Waals surface area contributed by atoms with Crippen LogP contribution >= 0.6 is 0 Å². The zero-order chi connectivity index (χ0) is 13.0. The van der Waals surface area contributed by atoms with Crippen molar-refractivity contribution in [2.45, 2.75) is 45.3 Å². The van der Waals surface area contributed by atoms with Crippen LogP contribution in [-0.4, -0.2) is 29.0 Å². The lowest BCUT2D eigenvalue weighted by Gasteiger charge is -2.28.